The molecule has 0 aliphatic rings. The predicted octanol–water partition coefficient (Wildman–Crippen LogP) is 2.14. The van der Waals surface area contributed by atoms with E-state index in [1.807, 2.05) is 0 Å². The van der Waals surface area contributed by atoms with Gasteiger partial charge in [-0.2, -0.15) is 0 Å². The van der Waals surface area contributed by atoms with E-state index in [0.717, 1.165) is 12.8 Å². The molecule has 0 radical (unpaired) electrons. The first kappa shape index (κ1) is 11.2. The molecule has 0 bridgehead atoms. The zero-order valence-corrected chi connectivity index (χ0v) is 9.01. The fourth-order valence-electron chi connectivity index (χ4n) is 1.07. The quantitative estimate of drug-likeness (QED) is 0.682. The SMILES string of the molecule is CCCCS(=O)Cc1ccc(C=O)o1. The molecule has 78 valence electrons. The van der Waals surface area contributed by atoms with Crippen LogP contribution in [0.25, 0.3) is 0 Å². The van der Waals surface area contributed by atoms with E-state index in [4.69, 9.17) is 4.42 Å². The zero-order valence-electron chi connectivity index (χ0n) is 8.19. The second kappa shape index (κ2) is 5.75. The van der Waals surface area contributed by atoms with Gasteiger partial charge in [0.25, 0.3) is 0 Å². The molecule has 0 spiro atoms. The Morgan fingerprint density at radius 1 is 1.50 bits per heavy atom. The number of hydrogen-bond donors (Lipinski definition) is 0. The fourth-order valence-corrected chi connectivity index (χ4v) is 2.30. The van der Waals surface area contributed by atoms with E-state index < -0.39 is 10.8 Å². The summed E-state index contributed by atoms with van der Waals surface area (Å²) >= 11 is 0. The molecule has 14 heavy (non-hydrogen) atoms. The normalized spacial score (nSPS) is 12.6. The van der Waals surface area contributed by atoms with E-state index in [9.17, 15) is 9.00 Å². The maximum Gasteiger partial charge on any atom is 0.185 e. The van der Waals surface area contributed by atoms with Gasteiger partial charge in [-0.05, 0) is 18.6 Å². The van der Waals surface area contributed by atoms with Crippen molar-refractivity contribution < 1.29 is 13.4 Å². The van der Waals surface area contributed by atoms with Gasteiger partial charge in [0.05, 0.1) is 5.75 Å². The Labute approximate surface area is 86.0 Å². The summed E-state index contributed by atoms with van der Waals surface area (Å²) in [6.45, 7) is 2.06. The first-order valence-corrected chi connectivity index (χ1v) is 6.14. The lowest BCUT2D eigenvalue weighted by Gasteiger charge is -1.97. The molecule has 0 fully saturated rings. The van der Waals surface area contributed by atoms with E-state index in [2.05, 4.69) is 6.92 Å². The largest absolute Gasteiger partial charge is 0.457 e. The van der Waals surface area contributed by atoms with Crippen molar-refractivity contribution in [1.29, 1.82) is 0 Å². The topological polar surface area (TPSA) is 47.3 Å². The molecule has 0 aliphatic carbocycles. The Hall–Kier alpha value is -0.900. The molecule has 1 aromatic heterocycles. The van der Waals surface area contributed by atoms with Crippen LogP contribution in [0.1, 0.15) is 36.1 Å². The van der Waals surface area contributed by atoms with Crippen molar-refractivity contribution >= 4 is 17.1 Å². The summed E-state index contributed by atoms with van der Waals surface area (Å²) in [4.78, 5) is 10.3. The maximum absolute atomic E-state index is 11.4. The van der Waals surface area contributed by atoms with Gasteiger partial charge in [0.2, 0.25) is 0 Å². The van der Waals surface area contributed by atoms with Crippen LogP contribution in [0, 0.1) is 0 Å². The molecular formula is C10H14O3S. The molecule has 1 atom stereocenters. The highest BCUT2D eigenvalue weighted by Crippen LogP contribution is 2.09. The summed E-state index contributed by atoms with van der Waals surface area (Å²) in [6, 6.07) is 3.30. The zero-order chi connectivity index (χ0) is 10.4. The van der Waals surface area contributed by atoms with Crippen LogP contribution < -0.4 is 0 Å². The number of carbonyl (C=O) groups is 1. The number of furan rings is 1. The van der Waals surface area contributed by atoms with Gasteiger partial charge in [0.1, 0.15) is 5.76 Å². The first-order valence-electron chi connectivity index (χ1n) is 4.65. The molecule has 1 heterocycles. The molecule has 0 N–H and O–H groups in total. The number of carbonyl (C=O) groups excluding carboxylic acids is 1. The minimum absolute atomic E-state index is 0.299. The van der Waals surface area contributed by atoms with Gasteiger partial charge in [-0.25, -0.2) is 0 Å². The lowest BCUT2D eigenvalue weighted by molar-refractivity contribution is 0.109. The molecule has 3 nitrogen and oxygen atoms in total. The van der Waals surface area contributed by atoms with Crippen LogP contribution in [-0.4, -0.2) is 16.2 Å². The van der Waals surface area contributed by atoms with Gasteiger partial charge in [0, 0.05) is 16.6 Å². The van der Waals surface area contributed by atoms with Crippen molar-refractivity contribution in [3.05, 3.63) is 23.7 Å². The van der Waals surface area contributed by atoms with E-state index in [1.54, 1.807) is 12.1 Å². The summed E-state index contributed by atoms with van der Waals surface area (Å²) in [5.74, 6) is 2.04. The van der Waals surface area contributed by atoms with E-state index in [-0.39, 0.29) is 0 Å². The minimum Gasteiger partial charge on any atom is -0.457 e. The number of rotatable bonds is 6. The van der Waals surface area contributed by atoms with Crippen LogP contribution in [0.3, 0.4) is 0 Å². The fraction of sp³-hybridized carbons (Fsp3) is 0.500. The second-order valence-electron chi connectivity index (χ2n) is 3.06. The summed E-state index contributed by atoms with van der Waals surface area (Å²) < 4.78 is 16.6. The van der Waals surface area contributed by atoms with Crippen LogP contribution in [0.15, 0.2) is 16.5 Å². The second-order valence-corrected chi connectivity index (χ2v) is 4.64. The molecule has 1 aromatic rings. The highest BCUT2D eigenvalue weighted by atomic mass is 32.2. The van der Waals surface area contributed by atoms with Crippen LogP contribution >= 0.6 is 0 Å². The van der Waals surface area contributed by atoms with Crippen LogP contribution in [0.5, 0.6) is 0 Å². The molecule has 0 saturated carbocycles. The van der Waals surface area contributed by atoms with Gasteiger partial charge >= 0.3 is 0 Å². The lowest BCUT2D eigenvalue weighted by Crippen LogP contribution is -1.99. The Bertz CT molecular complexity index is 317. The molecule has 1 rings (SSSR count). The molecular weight excluding hydrogens is 200 g/mol. The molecule has 0 aromatic carbocycles. The van der Waals surface area contributed by atoms with E-state index in [1.165, 1.54) is 0 Å². The third-order valence-electron chi connectivity index (χ3n) is 1.83. The van der Waals surface area contributed by atoms with Gasteiger partial charge in [0.15, 0.2) is 12.0 Å². The molecule has 0 amide bonds. The minimum atomic E-state index is -0.869. The summed E-state index contributed by atoms with van der Waals surface area (Å²) in [6.07, 6.45) is 2.66. The van der Waals surface area contributed by atoms with Crippen molar-refractivity contribution in [2.24, 2.45) is 0 Å². The van der Waals surface area contributed by atoms with Crippen LogP contribution in [-0.2, 0) is 16.6 Å². The van der Waals surface area contributed by atoms with E-state index in [0.29, 0.717) is 29.3 Å². The van der Waals surface area contributed by atoms with Gasteiger partial charge < -0.3 is 4.42 Å². The number of aldehydes is 1. The van der Waals surface area contributed by atoms with Gasteiger partial charge in [-0.3, -0.25) is 9.00 Å². The highest BCUT2D eigenvalue weighted by molar-refractivity contribution is 7.84. The third kappa shape index (κ3) is 3.46. The monoisotopic (exact) mass is 214 g/mol. The van der Waals surface area contributed by atoms with Crippen molar-refractivity contribution in [3.63, 3.8) is 0 Å². The molecule has 1 unspecified atom stereocenters. The predicted molar refractivity (Wildman–Crippen MR) is 55.7 cm³/mol. The standard InChI is InChI=1S/C10H14O3S/c1-2-3-6-14(12)8-10-5-4-9(7-11)13-10/h4-5,7H,2-3,6,8H2,1H3. The Morgan fingerprint density at radius 3 is 2.86 bits per heavy atom. The lowest BCUT2D eigenvalue weighted by atomic mass is 10.4. The van der Waals surface area contributed by atoms with E-state index >= 15 is 0 Å². The smallest absolute Gasteiger partial charge is 0.185 e. The number of unbranched alkanes of at least 4 members (excludes halogenated alkanes) is 1. The van der Waals surface area contributed by atoms with Gasteiger partial charge in [-0.1, -0.05) is 13.3 Å². The maximum atomic E-state index is 11.4. The molecule has 0 saturated heterocycles. The summed E-state index contributed by atoms with van der Waals surface area (Å²) in [5, 5.41) is 0. The summed E-state index contributed by atoms with van der Waals surface area (Å²) in [5.41, 5.74) is 0. The Morgan fingerprint density at radius 2 is 2.29 bits per heavy atom. The third-order valence-corrected chi connectivity index (χ3v) is 3.18. The summed E-state index contributed by atoms with van der Waals surface area (Å²) in [7, 11) is -0.869. The average molecular weight is 214 g/mol. The number of hydrogen-bond acceptors (Lipinski definition) is 3. The first-order chi connectivity index (χ1) is 6.76. The van der Waals surface area contributed by atoms with Crippen molar-refractivity contribution in [3.8, 4) is 0 Å². The van der Waals surface area contributed by atoms with Crippen LogP contribution in [0.2, 0.25) is 0 Å². The Balaban J connectivity index is 2.43. The van der Waals surface area contributed by atoms with Crippen molar-refractivity contribution in [2.45, 2.75) is 25.5 Å². The van der Waals surface area contributed by atoms with Gasteiger partial charge in [-0.15, -0.1) is 0 Å². The molecule has 0 aliphatic heterocycles. The van der Waals surface area contributed by atoms with Crippen molar-refractivity contribution in [2.75, 3.05) is 5.75 Å². The highest BCUT2D eigenvalue weighted by Gasteiger charge is 2.05. The van der Waals surface area contributed by atoms with Crippen LogP contribution in [0.4, 0.5) is 0 Å². The molecule has 4 heteroatoms. The van der Waals surface area contributed by atoms with Crippen molar-refractivity contribution in [1.82, 2.24) is 0 Å². The Kier molecular flexibility index (Phi) is 4.59. The average Bonchev–Trinajstić information content (AvgIpc) is 2.62.